The number of carbonyl (C=O) groups is 4. The van der Waals surface area contributed by atoms with E-state index in [1.807, 2.05) is 26.8 Å². The molecule has 42 heavy (non-hydrogen) atoms. The molecule has 1 spiro atoms. The fourth-order valence-corrected chi connectivity index (χ4v) is 7.99. The highest BCUT2D eigenvalue weighted by molar-refractivity contribution is 6.32. The molecule has 2 aromatic carbocycles. The predicted molar refractivity (Wildman–Crippen MR) is 145 cm³/mol. The van der Waals surface area contributed by atoms with Gasteiger partial charge in [-0.1, -0.05) is 25.5 Å². The molecule has 6 rings (SSSR count). The Kier molecular flexibility index (Phi) is 5.21. The highest BCUT2D eigenvalue weighted by Crippen LogP contribution is 2.67. The number of aromatic hydroxyl groups is 3. The molecule has 0 radical (unpaired) electrons. The first-order chi connectivity index (χ1) is 19.5. The van der Waals surface area contributed by atoms with Crippen LogP contribution in [0.4, 0.5) is 0 Å². The lowest BCUT2D eigenvalue weighted by Crippen LogP contribution is -2.70. The van der Waals surface area contributed by atoms with Gasteiger partial charge in [-0.25, -0.2) is 0 Å². The SMILES string of the molecule is COc1c(O)c(O)c2c(O)c3c(c4c2c1[C@]1(C4)C(C)=CCCC1(C)C)C(=O)[C@@]1(O)CC(=O)C(C(N)=O)=C(O)[C@@]1(O)C3=O. The summed E-state index contributed by atoms with van der Waals surface area (Å²) in [5, 5.41) is 67.5. The van der Waals surface area contributed by atoms with E-state index < -0.39 is 96.8 Å². The molecule has 0 heterocycles. The van der Waals surface area contributed by atoms with E-state index in [1.54, 1.807) is 0 Å². The van der Waals surface area contributed by atoms with E-state index in [2.05, 4.69) is 0 Å². The highest BCUT2D eigenvalue weighted by atomic mass is 16.5. The first-order valence-electron chi connectivity index (χ1n) is 13.3. The van der Waals surface area contributed by atoms with Crippen molar-refractivity contribution in [3.63, 3.8) is 0 Å². The van der Waals surface area contributed by atoms with Crippen molar-refractivity contribution in [1.82, 2.24) is 0 Å². The van der Waals surface area contributed by atoms with Crippen molar-refractivity contribution < 1.29 is 54.6 Å². The average Bonchev–Trinajstić information content (AvgIpc) is 3.25. The Morgan fingerprint density at radius 2 is 1.57 bits per heavy atom. The van der Waals surface area contributed by atoms with Crippen LogP contribution < -0.4 is 10.5 Å². The lowest BCUT2D eigenvalue weighted by molar-refractivity contribution is -0.139. The number of allylic oxidation sites excluding steroid dienone is 2. The largest absolute Gasteiger partial charge is 0.508 e. The Bertz CT molecular complexity index is 1820. The molecule has 12 heteroatoms. The smallest absolute Gasteiger partial charge is 0.255 e. The zero-order valence-corrected chi connectivity index (χ0v) is 23.2. The van der Waals surface area contributed by atoms with Crippen LogP contribution in [-0.4, -0.2) is 72.2 Å². The zero-order chi connectivity index (χ0) is 31.1. The summed E-state index contributed by atoms with van der Waals surface area (Å²) in [4.78, 5) is 53.1. The van der Waals surface area contributed by atoms with Crippen LogP contribution in [0.3, 0.4) is 0 Å². The molecule has 4 aliphatic rings. The van der Waals surface area contributed by atoms with Crippen LogP contribution in [0.2, 0.25) is 0 Å². The number of hydrogen-bond donors (Lipinski definition) is 7. The number of carbonyl (C=O) groups excluding carboxylic acids is 4. The maximum Gasteiger partial charge on any atom is 0.255 e. The second-order valence-electron chi connectivity index (χ2n) is 12.2. The molecular weight excluding hydrogens is 550 g/mol. The normalized spacial score (nSPS) is 29.6. The first kappa shape index (κ1) is 27.7. The molecule has 2 aromatic rings. The summed E-state index contributed by atoms with van der Waals surface area (Å²) >= 11 is 0. The van der Waals surface area contributed by atoms with E-state index in [0.29, 0.717) is 12.0 Å². The number of benzene rings is 2. The summed E-state index contributed by atoms with van der Waals surface area (Å²) in [6.45, 7) is 5.82. The molecule has 220 valence electrons. The highest BCUT2D eigenvalue weighted by Gasteiger charge is 2.71. The fraction of sp³-hybridized carbons (Fsp3) is 0.400. The number of ketones is 3. The van der Waals surface area contributed by atoms with E-state index in [9.17, 15) is 49.8 Å². The van der Waals surface area contributed by atoms with Crippen LogP contribution in [0.1, 0.15) is 71.9 Å². The number of primary amides is 1. The van der Waals surface area contributed by atoms with E-state index in [1.165, 1.54) is 7.11 Å². The number of ether oxygens (including phenoxy) is 1. The van der Waals surface area contributed by atoms with Crippen molar-refractivity contribution in [2.24, 2.45) is 11.1 Å². The molecule has 0 unspecified atom stereocenters. The van der Waals surface area contributed by atoms with E-state index in [-0.39, 0.29) is 23.1 Å². The van der Waals surface area contributed by atoms with Gasteiger partial charge < -0.3 is 41.1 Å². The molecule has 3 atom stereocenters. The minimum atomic E-state index is -3.57. The average molecular weight is 580 g/mol. The molecule has 0 saturated carbocycles. The second kappa shape index (κ2) is 7.90. The summed E-state index contributed by atoms with van der Waals surface area (Å²) in [7, 11) is 1.28. The van der Waals surface area contributed by atoms with Gasteiger partial charge in [0.2, 0.25) is 17.1 Å². The Morgan fingerprint density at radius 1 is 0.929 bits per heavy atom. The number of nitrogens with two attached hydrogens (primary N) is 1. The number of Topliss-reactive ketones (excluding diaryl/α,β-unsaturated/α-hetero) is 3. The Labute approximate surface area is 238 Å². The molecule has 0 bridgehead atoms. The number of amides is 1. The van der Waals surface area contributed by atoms with Crippen LogP contribution in [0, 0.1) is 5.41 Å². The van der Waals surface area contributed by atoms with Gasteiger partial charge in [-0.15, -0.1) is 0 Å². The van der Waals surface area contributed by atoms with Crippen LogP contribution in [0.5, 0.6) is 23.0 Å². The lowest BCUT2D eigenvalue weighted by Gasteiger charge is -2.49. The van der Waals surface area contributed by atoms with Crippen LogP contribution in [-0.2, 0) is 21.4 Å². The maximum absolute atomic E-state index is 14.3. The summed E-state index contributed by atoms with van der Waals surface area (Å²) in [6, 6.07) is 0. The van der Waals surface area contributed by atoms with Crippen molar-refractivity contribution in [3.05, 3.63) is 45.2 Å². The minimum Gasteiger partial charge on any atom is -0.508 e. The Morgan fingerprint density at radius 3 is 2.14 bits per heavy atom. The first-order valence-corrected chi connectivity index (χ1v) is 13.3. The summed E-state index contributed by atoms with van der Waals surface area (Å²) in [6.07, 6.45) is 2.09. The molecule has 0 fully saturated rings. The third kappa shape index (κ3) is 2.66. The van der Waals surface area contributed by atoms with Gasteiger partial charge >= 0.3 is 0 Å². The third-order valence-corrected chi connectivity index (χ3v) is 10.1. The van der Waals surface area contributed by atoms with Crippen molar-refractivity contribution in [2.45, 2.75) is 63.1 Å². The van der Waals surface area contributed by atoms with Gasteiger partial charge in [0.1, 0.15) is 11.3 Å². The third-order valence-electron chi connectivity index (χ3n) is 10.1. The molecular formula is C30H29NO11. The number of hydrogen-bond acceptors (Lipinski definition) is 11. The quantitative estimate of drug-likeness (QED) is 0.154. The van der Waals surface area contributed by atoms with Gasteiger partial charge in [0.05, 0.1) is 24.5 Å². The van der Waals surface area contributed by atoms with E-state index in [4.69, 9.17) is 10.5 Å². The zero-order valence-electron chi connectivity index (χ0n) is 23.2. The van der Waals surface area contributed by atoms with Gasteiger partial charge in [-0.2, -0.15) is 0 Å². The summed E-state index contributed by atoms with van der Waals surface area (Å²) in [5.41, 5.74) is -4.47. The molecule has 0 aliphatic heterocycles. The number of aliphatic hydroxyl groups excluding tert-OH is 1. The van der Waals surface area contributed by atoms with E-state index in [0.717, 1.165) is 12.0 Å². The standard InChI is InChI=1S/C30H29NO11/c1-10-6-5-7-27(2,3)28(10)8-11-13-16(20(34)21(35)22(42-4)18(13)28)19(33)17-14(11)23(36)29(40)9-12(32)15(26(31)39)24(37)30(29,41)25(17)38/h6,33-35,37,40-41H,5,7-9H2,1-4H3,(H2,31,39)/t28-,29-,30+/m0/s1. The van der Waals surface area contributed by atoms with Crippen molar-refractivity contribution in [1.29, 1.82) is 0 Å². The summed E-state index contributed by atoms with van der Waals surface area (Å²) in [5.74, 6) is -10.1. The van der Waals surface area contributed by atoms with Crippen LogP contribution in [0.15, 0.2) is 23.0 Å². The molecule has 8 N–H and O–H groups in total. The number of rotatable bonds is 2. The maximum atomic E-state index is 14.3. The minimum absolute atomic E-state index is 0.00807. The van der Waals surface area contributed by atoms with Gasteiger partial charge in [0, 0.05) is 21.9 Å². The molecule has 0 aromatic heterocycles. The van der Waals surface area contributed by atoms with Crippen molar-refractivity contribution in [2.75, 3.05) is 7.11 Å². The Hall–Kier alpha value is -4.42. The Balaban J connectivity index is 1.83. The van der Waals surface area contributed by atoms with Gasteiger partial charge in [-0.3, -0.25) is 19.2 Å². The van der Waals surface area contributed by atoms with E-state index >= 15 is 0 Å². The van der Waals surface area contributed by atoms with Gasteiger partial charge in [0.25, 0.3) is 5.91 Å². The number of phenolic OH excluding ortho intramolecular Hbond substituents is 3. The van der Waals surface area contributed by atoms with Crippen molar-refractivity contribution >= 4 is 34.0 Å². The number of fused-ring (bicyclic) bond motifs is 4. The number of phenols is 3. The van der Waals surface area contributed by atoms with Crippen molar-refractivity contribution in [3.8, 4) is 23.0 Å². The van der Waals surface area contributed by atoms with Crippen LogP contribution >= 0.6 is 0 Å². The lowest BCUT2D eigenvalue weighted by atomic mass is 9.54. The van der Waals surface area contributed by atoms with Gasteiger partial charge in [-0.05, 0) is 37.2 Å². The number of methoxy groups -OCH3 is 1. The molecule has 0 saturated heterocycles. The second-order valence-corrected chi connectivity index (χ2v) is 12.2. The molecule has 12 nitrogen and oxygen atoms in total. The predicted octanol–water partition coefficient (Wildman–Crippen LogP) is 1.64. The fourth-order valence-electron chi connectivity index (χ4n) is 7.99. The van der Waals surface area contributed by atoms with Crippen LogP contribution in [0.25, 0.3) is 10.8 Å². The summed E-state index contributed by atoms with van der Waals surface area (Å²) < 4.78 is 5.59. The number of aliphatic hydroxyl groups is 3. The topological polar surface area (TPSA) is 225 Å². The molecule has 4 aliphatic carbocycles. The van der Waals surface area contributed by atoms with Gasteiger partial charge in [0.15, 0.2) is 34.4 Å². The molecule has 1 amide bonds. The monoisotopic (exact) mass is 579 g/mol.